The van der Waals surface area contributed by atoms with E-state index < -0.39 is 23.4 Å². The summed E-state index contributed by atoms with van der Waals surface area (Å²) in [7, 11) is 1.25. The molecule has 0 bridgehead atoms. The molecule has 1 unspecified atom stereocenters. The lowest BCUT2D eigenvalue weighted by atomic mass is 9.93. The van der Waals surface area contributed by atoms with Crippen molar-refractivity contribution in [3.8, 4) is 0 Å². The molecule has 8 nitrogen and oxygen atoms in total. The van der Waals surface area contributed by atoms with Gasteiger partial charge in [0.05, 0.1) is 20.3 Å². The Balaban J connectivity index is 2.87. The minimum Gasteiger partial charge on any atom is -0.469 e. The molecule has 0 fully saturated rings. The van der Waals surface area contributed by atoms with Crippen LogP contribution in [0.3, 0.4) is 0 Å². The van der Waals surface area contributed by atoms with Crippen molar-refractivity contribution in [2.45, 2.75) is 38.8 Å². The molecule has 144 valence electrons. The van der Waals surface area contributed by atoms with Crippen molar-refractivity contribution in [2.24, 2.45) is 0 Å². The lowest BCUT2D eigenvalue weighted by Gasteiger charge is -2.35. The van der Waals surface area contributed by atoms with E-state index in [0.717, 1.165) is 10.6 Å². The third kappa shape index (κ3) is 6.45. The van der Waals surface area contributed by atoms with Gasteiger partial charge in [-0.2, -0.15) is 5.06 Å². The van der Waals surface area contributed by atoms with Gasteiger partial charge in [-0.15, -0.1) is 0 Å². The summed E-state index contributed by atoms with van der Waals surface area (Å²) in [6.07, 6.45) is -0.0522. The zero-order valence-corrected chi connectivity index (χ0v) is 15.4. The highest BCUT2D eigenvalue weighted by molar-refractivity contribution is 5.89. The normalized spacial score (nSPS) is 13.0. The van der Waals surface area contributed by atoms with Gasteiger partial charge in [-0.1, -0.05) is 30.3 Å². The average molecular weight is 366 g/mol. The van der Waals surface area contributed by atoms with Crippen molar-refractivity contribution in [1.82, 2.24) is 10.4 Å². The van der Waals surface area contributed by atoms with Gasteiger partial charge in [-0.05, 0) is 25.8 Å². The lowest BCUT2D eigenvalue weighted by Crippen LogP contribution is -2.56. The number of hydrogen-bond acceptors (Lipinski definition) is 7. The van der Waals surface area contributed by atoms with E-state index in [1.165, 1.54) is 14.0 Å². The van der Waals surface area contributed by atoms with Gasteiger partial charge in [0.15, 0.2) is 0 Å². The monoisotopic (exact) mass is 366 g/mol. The Kier molecular flexibility index (Phi) is 8.74. The van der Waals surface area contributed by atoms with Crippen LogP contribution in [0.4, 0.5) is 0 Å². The zero-order chi connectivity index (χ0) is 19.6. The predicted molar refractivity (Wildman–Crippen MR) is 93.1 cm³/mol. The van der Waals surface area contributed by atoms with E-state index in [1.54, 1.807) is 19.1 Å². The topological polar surface area (TPSA) is 105 Å². The van der Waals surface area contributed by atoms with Crippen molar-refractivity contribution in [2.75, 3.05) is 20.3 Å². The van der Waals surface area contributed by atoms with Gasteiger partial charge in [0.1, 0.15) is 12.1 Å². The summed E-state index contributed by atoms with van der Waals surface area (Å²) in [5.41, 5.74) is -0.645. The third-order valence-electron chi connectivity index (χ3n) is 3.98. The van der Waals surface area contributed by atoms with Crippen molar-refractivity contribution < 1.29 is 29.1 Å². The first kappa shape index (κ1) is 21.6. The fraction of sp³-hybridized carbons (Fsp3) is 0.500. The van der Waals surface area contributed by atoms with E-state index in [0.29, 0.717) is 0 Å². The van der Waals surface area contributed by atoms with Crippen LogP contribution >= 0.6 is 0 Å². The second-order valence-corrected chi connectivity index (χ2v) is 5.88. The van der Waals surface area contributed by atoms with Crippen LogP contribution in [0.25, 0.3) is 0 Å². The Labute approximate surface area is 153 Å². The summed E-state index contributed by atoms with van der Waals surface area (Å²) in [5, 5.41) is 13.9. The number of ether oxygens (including phenoxy) is 2. The second kappa shape index (κ2) is 10.5. The summed E-state index contributed by atoms with van der Waals surface area (Å²) >= 11 is 0. The fourth-order valence-electron chi connectivity index (χ4n) is 2.29. The Morgan fingerprint density at radius 3 is 2.42 bits per heavy atom. The van der Waals surface area contributed by atoms with Crippen LogP contribution in [-0.4, -0.2) is 53.9 Å². The molecule has 0 saturated carbocycles. The Hall–Kier alpha value is -2.45. The zero-order valence-electron chi connectivity index (χ0n) is 15.4. The maximum Gasteiger partial charge on any atom is 0.325 e. The number of carbonyl (C=O) groups is 3. The predicted octanol–water partition coefficient (Wildman–Crippen LogP) is 1.27. The smallest absolute Gasteiger partial charge is 0.325 e. The van der Waals surface area contributed by atoms with E-state index in [9.17, 15) is 19.6 Å². The standard InChI is InChI=1S/C18H26N2O6/c1-4-26-16(22)12-19-17(23)18(2,11-10-15(21)25-3)20(24)13-14-8-6-5-7-9-14/h5-9,24H,4,10-13H2,1-3H3,(H,19,23). The molecule has 0 heterocycles. The van der Waals surface area contributed by atoms with Crippen LogP contribution in [-0.2, 0) is 30.4 Å². The van der Waals surface area contributed by atoms with Gasteiger partial charge in [0, 0.05) is 6.42 Å². The molecule has 1 rings (SSSR count). The highest BCUT2D eigenvalue weighted by atomic mass is 16.5. The first-order valence-corrected chi connectivity index (χ1v) is 8.34. The molecule has 8 heteroatoms. The van der Waals surface area contributed by atoms with Crippen LogP contribution in [0.1, 0.15) is 32.3 Å². The molecule has 0 spiro atoms. The van der Waals surface area contributed by atoms with Crippen LogP contribution < -0.4 is 5.32 Å². The molecule has 0 aromatic heterocycles. The number of rotatable bonds is 10. The Morgan fingerprint density at radius 1 is 1.19 bits per heavy atom. The molecular weight excluding hydrogens is 340 g/mol. The number of esters is 2. The Morgan fingerprint density at radius 2 is 1.85 bits per heavy atom. The molecule has 1 amide bonds. The molecule has 0 radical (unpaired) electrons. The van der Waals surface area contributed by atoms with Crippen molar-refractivity contribution in [3.63, 3.8) is 0 Å². The fourth-order valence-corrected chi connectivity index (χ4v) is 2.29. The summed E-state index contributed by atoms with van der Waals surface area (Å²) < 4.78 is 9.38. The van der Waals surface area contributed by atoms with Gasteiger partial charge in [-0.25, -0.2) is 0 Å². The number of carbonyl (C=O) groups excluding carboxylic acids is 3. The van der Waals surface area contributed by atoms with Crippen molar-refractivity contribution in [3.05, 3.63) is 35.9 Å². The molecule has 1 aromatic carbocycles. The first-order valence-electron chi connectivity index (χ1n) is 8.34. The highest BCUT2D eigenvalue weighted by Crippen LogP contribution is 2.23. The molecular formula is C18H26N2O6. The summed E-state index contributed by atoms with van der Waals surface area (Å²) in [6, 6.07) is 9.08. The minimum absolute atomic E-state index is 0.0116. The van der Waals surface area contributed by atoms with Gasteiger partial charge in [0.25, 0.3) is 0 Å². The molecule has 1 atom stereocenters. The maximum atomic E-state index is 12.6. The molecule has 2 N–H and O–H groups in total. The van der Waals surface area contributed by atoms with Gasteiger partial charge < -0.3 is 20.0 Å². The SMILES string of the molecule is CCOC(=O)CNC(=O)C(C)(CCC(=O)OC)N(O)Cc1ccccc1. The van der Waals surface area contributed by atoms with E-state index in [4.69, 9.17) is 4.74 Å². The Bertz CT molecular complexity index is 607. The van der Waals surface area contributed by atoms with Crippen LogP contribution in [0.15, 0.2) is 30.3 Å². The molecule has 0 aliphatic heterocycles. The lowest BCUT2D eigenvalue weighted by molar-refractivity contribution is -0.189. The number of hydrogen-bond donors (Lipinski definition) is 2. The molecule has 1 aromatic rings. The van der Waals surface area contributed by atoms with Gasteiger partial charge in [-0.3, -0.25) is 14.4 Å². The van der Waals surface area contributed by atoms with Crippen molar-refractivity contribution in [1.29, 1.82) is 0 Å². The highest BCUT2D eigenvalue weighted by Gasteiger charge is 2.39. The van der Waals surface area contributed by atoms with Crippen LogP contribution in [0.5, 0.6) is 0 Å². The van der Waals surface area contributed by atoms with E-state index in [2.05, 4.69) is 10.1 Å². The van der Waals surface area contributed by atoms with E-state index >= 15 is 0 Å². The van der Waals surface area contributed by atoms with E-state index in [-0.39, 0.29) is 32.5 Å². The molecule has 0 aliphatic rings. The first-order chi connectivity index (χ1) is 12.3. The molecule has 0 saturated heterocycles. The average Bonchev–Trinajstić information content (AvgIpc) is 2.64. The second-order valence-electron chi connectivity index (χ2n) is 5.88. The molecule has 0 aliphatic carbocycles. The third-order valence-corrected chi connectivity index (χ3v) is 3.98. The number of hydroxylamine groups is 2. The summed E-state index contributed by atoms with van der Waals surface area (Å²) in [4.78, 5) is 35.6. The summed E-state index contributed by atoms with van der Waals surface area (Å²) in [5.74, 6) is -1.67. The number of nitrogens with zero attached hydrogens (tertiary/aromatic N) is 1. The van der Waals surface area contributed by atoms with E-state index in [1.807, 2.05) is 18.2 Å². The number of benzene rings is 1. The largest absolute Gasteiger partial charge is 0.469 e. The quantitative estimate of drug-likeness (QED) is 0.474. The van der Waals surface area contributed by atoms with Gasteiger partial charge in [0.2, 0.25) is 5.91 Å². The van der Waals surface area contributed by atoms with Gasteiger partial charge >= 0.3 is 11.9 Å². The number of methoxy groups -OCH3 is 1. The summed E-state index contributed by atoms with van der Waals surface area (Å²) in [6.45, 7) is 3.12. The minimum atomic E-state index is -1.43. The molecule has 26 heavy (non-hydrogen) atoms. The van der Waals surface area contributed by atoms with Crippen LogP contribution in [0.2, 0.25) is 0 Å². The van der Waals surface area contributed by atoms with Crippen LogP contribution in [0, 0.1) is 0 Å². The maximum absolute atomic E-state index is 12.6. The number of amides is 1. The number of nitrogens with one attached hydrogen (secondary N) is 1. The van der Waals surface area contributed by atoms with Crippen molar-refractivity contribution >= 4 is 17.8 Å².